The van der Waals surface area contributed by atoms with Gasteiger partial charge in [-0.25, -0.2) is 0 Å². The molecule has 0 aromatic carbocycles. The molecular formula is C7H12O3. The van der Waals surface area contributed by atoms with E-state index in [1.54, 1.807) is 6.92 Å². The van der Waals surface area contributed by atoms with E-state index in [0.29, 0.717) is 0 Å². The third kappa shape index (κ3) is 2.17. The standard InChI is InChI=1S/C7H12O3/c1-4(6(3)8)5(2)7(9)10/h4-5H,1-3H3,(H,9,10)/t4-,5-/m0/s1. The van der Waals surface area contributed by atoms with Gasteiger partial charge in [0.15, 0.2) is 0 Å². The summed E-state index contributed by atoms with van der Waals surface area (Å²) in [5.74, 6) is -1.94. The molecule has 0 aliphatic rings. The van der Waals surface area contributed by atoms with Crippen molar-refractivity contribution in [1.82, 2.24) is 0 Å². The van der Waals surface area contributed by atoms with E-state index in [0.717, 1.165) is 0 Å². The fraction of sp³-hybridized carbons (Fsp3) is 0.714. The fourth-order valence-corrected chi connectivity index (χ4v) is 0.566. The maximum absolute atomic E-state index is 10.6. The van der Waals surface area contributed by atoms with Gasteiger partial charge in [-0.2, -0.15) is 0 Å². The zero-order valence-corrected chi connectivity index (χ0v) is 6.42. The van der Waals surface area contributed by atoms with Gasteiger partial charge in [-0.1, -0.05) is 13.8 Å². The first-order valence-electron chi connectivity index (χ1n) is 3.20. The van der Waals surface area contributed by atoms with Crippen LogP contribution in [0.1, 0.15) is 20.8 Å². The van der Waals surface area contributed by atoms with Crippen LogP contribution in [-0.4, -0.2) is 16.9 Å². The van der Waals surface area contributed by atoms with Gasteiger partial charge in [0, 0.05) is 5.92 Å². The smallest absolute Gasteiger partial charge is 0.306 e. The summed E-state index contributed by atoms with van der Waals surface area (Å²) in [6.45, 7) is 4.57. The van der Waals surface area contributed by atoms with Gasteiger partial charge in [0.2, 0.25) is 0 Å². The molecule has 10 heavy (non-hydrogen) atoms. The van der Waals surface area contributed by atoms with E-state index in [-0.39, 0.29) is 11.7 Å². The number of aliphatic carboxylic acids is 1. The topological polar surface area (TPSA) is 54.4 Å². The van der Waals surface area contributed by atoms with Gasteiger partial charge in [0.05, 0.1) is 5.92 Å². The van der Waals surface area contributed by atoms with Crippen molar-refractivity contribution >= 4 is 11.8 Å². The molecule has 0 fully saturated rings. The third-order valence-electron chi connectivity index (χ3n) is 1.78. The van der Waals surface area contributed by atoms with Crippen LogP contribution in [0.15, 0.2) is 0 Å². The number of rotatable bonds is 3. The van der Waals surface area contributed by atoms with Crippen molar-refractivity contribution in [3.05, 3.63) is 0 Å². The number of carboxylic acid groups (broad SMARTS) is 1. The minimum absolute atomic E-state index is 0.0742. The maximum Gasteiger partial charge on any atom is 0.306 e. The van der Waals surface area contributed by atoms with Crippen LogP contribution in [0.2, 0.25) is 0 Å². The third-order valence-corrected chi connectivity index (χ3v) is 1.78. The lowest BCUT2D eigenvalue weighted by atomic mass is 9.93. The number of carboxylic acids is 1. The predicted octanol–water partition coefficient (Wildman–Crippen LogP) is 0.932. The summed E-state index contributed by atoms with van der Waals surface area (Å²) in [6.07, 6.45) is 0. The Morgan fingerprint density at radius 1 is 1.20 bits per heavy atom. The minimum atomic E-state index is -0.914. The Morgan fingerprint density at radius 3 is 1.70 bits per heavy atom. The molecule has 2 atom stereocenters. The van der Waals surface area contributed by atoms with Crippen molar-refractivity contribution in [3.63, 3.8) is 0 Å². The highest BCUT2D eigenvalue weighted by Gasteiger charge is 2.22. The molecule has 0 aliphatic carbocycles. The van der Waals surface area contributed by atoms with Gasteiger partial charge in [0.1, 0.15) is 5.78 Å². The lowest BCUT2D eigenvalue weighted by Gasteiger charge is -2.10. The van der Waals surface area contributed by atoms with E-state index in [9.17, 15) is 9.59 Å². The zero-order chi connectivity index (χ0) is 8.31. The van der Waals surface area contributed by atoms with E-state index in [4.69, 9.17) is 5.11 Å². The molecule has 0 radical (unpaired) electrons. The molecule has 3 heteroatoms. The summed E-state index contributed by atoms with van der Waals surface area (Å²) in [4.78, 5) is 20.9. The molecule has 0 bridgehead atoms. The fourth-order valence-electron chi connectivity index (χ4n) is 0.566. The summed E-state index contributed by atoms with van der Waals surface area (Å²) in [5, 5.41) is 8.45. The first-order valence-corrected chi connectivity index (χ1v) is 3.20. The minimum Gasteiger partial charge on any atom is -0.481 e. The number of carbonyl (C=O) groups excluding carboxylic acids is 1. The van der Waals surface area contributed by atoms with Gasteiger partial charge in [0.25, 0.3) is 0 Å². The quantitative estimate of drug-likeness (QED) is 0.641. The van der Waals surface area contributed by atoms with Gasteiger partial charge in [-0.3, -0.25) is 9.59 Å². The van der Waals surface area contributed by atoms with Crippen LogP contribution in [0.5, 0.6) is 0 Å². The van der Waals surface area contributed by atoms with Crippen LogP contribution in [0.25, 0.3) is 0 Å². The van der Waals surface area contributed by atoms with Crippen molar-refractivity contribution in [3.8, 4) is 0 Å². The Hall–Kier alpha value is -0.860. The molecule has 1 N–H and O–H groups in total. The zero-order valence-electron chi connectivity index (χ0n) is 6.42. The SMILES string of the molecule is CC(=O)[C@@H](C)[C@H](C)C(=O)O. The lowest BCUT2D eigenvalue weighted by Crippen LogP contribution is -2.23. The number of Topliss-reactive ketones (excluding diaryl/α,β-unsaturated/α-hetero) is 1. The molecule has 58 valence electrons. The van der Waals surface area contributed by atoms with Crippen molar-refractivity contribution in [1.29, 1.82) is 0 Å². The average Bonchev–Trinajstić information content (AvgIpc) is 1.84. The molecule has 0 saturated carbocycles. The van der Waals surface area contributed by atoms with Gasteiger partial charge in [-0.15, -0.1) is 0 Å². The molecule has 0 rings (SSSR count). The van der Waals surface area contributed by atoms with Crippen molar-refractivity contribution < 1.29 is 14.7 Å². The van der Waals surface area contributed by atoms with Crippen LogP contribution in [0.3, 0.4) is 0 Å². The molecule has 0 aromatic heterocycles. The van der Waals surface area contributed by atoms with E-state index < -0.39 is 11.9 Å². The van der Waals surface area contributed by atoms with E-state index in [1.165, 1.54) is 13.8 Å². The van der Waals surface area contributed by atoms with Crippen molar-refractivity contribution in [2.45, 2.75) is 20.8 Å². The Balaban J connectivity index is 4.07. The Labute approximate surface area is 60.0 Å². The highest BCUT2D eigenvalue weighted by atomic mass is 16.4. The number of hydrogen-bond acceptors (Lipinski definition) is 2. The predicted molar refractivity (Wildman–Crippen MR) is 36.6 cm³/mol. The van der Waals surface area contributed by atoms with E-state index >= 15 is 0 Å². The largest absolute Gasteiger partial charge is 0.481 e. The molecule has 0 spiro atoms. The number of hydrogen-bond donors (Lipinski definition) is 1. The van der Waals surface area contributed by atoms with Gasteiger partial charge in [-0.05, 0) is 6.92 Å². The van der Waals surface area contributed by atoms with E-state index in [2.05, 4.69) is 0 Å². The monoisotopic (exact) mass is 144 g/mol. The normalized spacial score (nSPS) is 15.9. The van der Waals surface area contributed by atoms with Crippen molar-refractivity contribution in [2.75, 3.05) is 0 Å². The first kappa shape index (κ1) is 9.14. The molecule has 0 unspecified atom stereocenters. The summed E-state index contributed by atoms with van der Waals surface area (Å²) in [5.41, 5.74) is 0. The number of carbonyl (C=O) groups is 2. The van der Waals surface area contributed by atoms with Gasteiger partial charge >= 0.3 is 5.97 Å². The maximum atomic E-state index is 10.6. The second-order valence-electron chi connectivity index (χ2n) is 2.53. The molecule has 0 saturated heterocycles. The molecule has 0 aliphatic heterocycles. The van der Waals surface area contributed by atoms with E-state index in [1.807, 2.05) is 0 Å². The molecule has 0 amide bonds. The molecule has 0 heterocycles. The Bertz CT molecular complexity index is 133. The van der Waals surface area contributed by atoms with Crippen LogP contribution in [0.4, 0.5) is 0 Å². The van der Waals surface area contributed by atoms with Crippen LogP contribution in [0, 0.1) is 11.8 Å². The summed E-state index contributed by atoms with van der Waals surface area (Å²) < 4.78 is 0. The number of ketones is 1. The van der Waals surface area contributed by atoms with Crippen LogP contribution in [-0.2, 0) is 9.59 Å². The van der Waals surface area contributed by atoms with Crippen LogP contribution >= 0.6 is 0 Å². The summed E-state index contributed by atoms with van der Waals surface area (Å²) in [6, 6.07) is 0. The second kappa shape index (κ2) is 3.34. The van der Waals surface area contributed by atoms with Crippen LogP contribution < -0.4 is 0 Å². The summed E-state index contributed by atoms with van der Waals surface area (Å²) >= 11 is 0. The Kier molecular flexibility index (Phi) is 3.06. The first-order chi connectivity index (χ1) is 4.46. The summed E-state index contributed by atoms with van der Waals surface area (Å²) in [7, 11) is 0. The molecule has 3 nitrogen and oxygen atoms in total. The Morgan fingerprint density at radius 2 is 1.60 bits per heavy atom. The lowest BCUT2D eigenvalue weighted by molar-refractivity contribution is -0.145. The van der Waals surface area contributed by atoms with Crippen molar-refractivity contribution in [2.24, 2.45) is 11.8 Å². The highest BCUT2D eigenvalue weighted by Crippen LogP contribution is 2.11. The molecular weight excluding hydrogens is 132 g/mol. The average molecular weight is 144 g/mol. The molecule has 0 aromatic rings. The second-order valence-corrected chi connectivity index (χ2v) is 2.53. The van der Waals surface area contributed by atoms with Gasteiger partial charge < -0.3 is 5.11 Å². The highest BCUT2D eigenvalue weighted by molar-refractivity contribution is 5.83.